The van der Waals surface area contributed by atoms with Gasteiger partial charge >= 0.3 is 0 Å². The lowest BCUT2D eigenvalue weighted by molar-refractivity contribution is 0.142. The van der Waals surface area contributed by atoms with Gasteiger partial charge in [0.2, 0.25) is 0 Å². The molecule has 0 aromatic carbocycles. The number of hydrogen-bond acceptors (Lipinski definition) is 6. The molecular weight excluding hydrogens is 282 g/mol. The van der Waals surface area contributed by atoms with Crippen LogP contribution in [0.1, 0.15) is 28.4 Å². The van der Waals surface area contributed by atoms with Crippen molar-refractivity contribution in [2.24, 2.45) is 0 Å². The first-order valence-corrected chi connectivity index (χ1v) is 7.43. The Bertz CT molecular complexity index is 641. The van der Waals surface area contributed by atoms with E-state index in [4.69, 9.17) is 9.26 Å². The Balaban J connectivity index is 1.70. The van der Waals surface area contributed by atoms with Crippen molar-refractivity contribution >= 4 is 0 Å². The molecule has 1 aliphatic heterocycles. The molecule has 7 nitrogen and oxygen atoms in total. The lowest BCUT2D eigenvalue weighted by atomic mass is 10.1. The lowest BCUT2D eigenvalue weighted by Crippen LogP contribution is -2.34. The first kappa shape index (κ1) is 14.9. The zero-order chi connectivity index (χ0) is 15.5. The summed E-state index contributed by atoms with van der Waals surface area (Å²) in [6.45, 7) is 12.0. The van der Waals surface area contributed by atoms with Crippen LogP contribution < -0.4 is 0 Å². The van der Waals surface area contributed by atoms with Crippen LogP contribution in [-0.4, -0.2) is 38.2 Å². The third kappa shape index (κ3) is 2.95. The zero-order valence-electron chi connectivity index (χ0n) is 13.1. The molecule has 0 spiro atoms. The highest BCUT2D eigenvalue weighted by Crippen LogP contribution is 2.20. The summed E-state index contributed by atoms with van der Waals surface area (Å²) in [4.78, 5) is 2.36. The van der Waals surface area contributed by atoms with Gasteiger partial charge in [0.25, 0.3) is 0 Å². The Morgan fingerprint density at radius 3 is 2.95 bits per heavy atom. The van der Waals surface area contributed by atoms with Crippen LogP contribution in [0.5, 0.6) is 0 Å². The van der Waals surface area contributed by atoms with Crippen molar-refractivity contribution < 1.29 is 9.26 Å². The van der Waals surface area contributed by atoms with Crippen LogP contribution in [-0.2, 0) is 31.0 Å². The van der Waals surface area contributed by atoms with Crippen LogP contribution in [0.4, 0.5) is 0 Å². The summed E-state index contributed by atoms with van der Waals surface area (Å²) in [7, 11) is 0. The van der Waals surface area contributed by atoms with Gasteiger partial charge in [0.05, 0.1) is 31.1 Å². The smallest absolute Gasteiger partial charge is 0.138 e. The van der Waals surface area contributed by atoms with Crippen LogP contribution in [0.15, 0.2) is 17.2 Å². The number of aryl methyl sites for hydroxylation is 2. The number of hydrogen-bond donors (Lipinski definition) is 0. The van der Waals surface area contributed by atoms with Crippen molar-refractivity contribution in [1.82, 2.24) is 25.1 Å². The van der Waals surface area contributed by atoms with E-state index in [0.717, 1.165) is 49.0 Å². The maximum atomic E-state index is 5.50. The molecule has 0 radical (unpaired) electrons. The molecule has 1 aliphatic rings. The average molecular weight is 303 g/mol. The first-order chi connectivity index (χ1) is 10.7. The predicted molar refractivity (Wildman–Crippen MR) is 80.0 cm³/mol. The number of fused-ring (bicyclic) bond motifs is 1. The van der Waals surface area contributed by atoms with E-state index >= 15 is 0 Å². The molecule has 0 N–H and O–H groups in total. The SMILES string of the molecule is C=CCOCc1nnn2c1CN(Cc1c(C)noc1C)CC2. The van der Waals surface area contributed by atoms with Crippen LogP contribution in [0.25, 0.3) is 0 Å². The molecule has 0 aliphatic carbocycles. The summed E-state index contributed by atoms with van der Waals surface area (Å²) in [5, 5.41) is 12.5. The lowest BCUT2D eigenvalue weighted by Gasteiger charge is -2.27. The van der Waals surface area contributed by atoms with Gasteiger partial charge in [-0.3, -0.25) is 4.90 Å². The van der Waals surface area contributed by atoms with E-state index in [2.05, 4.69) is 26.9 Å². The van der Waals surface area contributed by atoms with Gasteiger partial charge in [-0.15, -0.1) is 11.7 Å². The highest BCUT2D eigenvalue weighted by molar-refractivity contribution is 5.21. The fourth-order valence-electron chi connectivity index (χ4n) is 2.69. The quantitative estimate of drug-likeness (QED) is 0.596. The summed E-state index contributed by atoms with van der Waals surface area (Å²) in [5.41, 5.74) is 4.17. The molecule has 2 aromatic heterocycles. The van der Waals surface area contributed by atoms with Crippen molar-refractivity contribution in [3.8, 4) is 0 Å². The maximum absolute atomic E-state index is 5.50. The molecule has 0 saturated heterocycles. The van der Waals surface area contributed by atoms with Gasteiger partial charge in [-0.25, -0.2) is 4.68 Å². The molecule has 0 amide bonds. The van der Waals surface area contributed by atoms with E-state index in [1.165, 1.54) is 5.56 Å². The second kappa shape index (κ2) is 6.41. The van der Waals surface area contributed by atoms with Gasteiger partial charge in [-0.2, -0.15) is 0 Å². The van der Waals surface area contributed by atoms with E-state index in [9.17, 15) is 0 Å². The molecule has 0 atom stereocenters. The fraction of sp³-hybridized carbons (Fsp3) is 0.533. The van der Waals surface area contributed by atoms with Crippen molar-refractivity contribution in [1.29, 1.82) is 0 Å². The molecule has 0 fully saturated rings. The predicted octanol–water partition coefficient (Wildman–Crippen LogP) is 1.60. The second-order valence-electron chi connectivity index (χ2n) is 5.52. The van der Waals surface area contributed by atoms with Gasteiger partial charge in [0, 0.05) is 25.2 Å². The van der Waals surface area contributed by atoms with Crippen molar-refractivity contribution in [3.63, 3.8) is 0 Å². The maximum Gasteiger partial charge on any atom is 0.138 e. The van der Waals surface area contributed by atoms with Crippen molar-refractivity contribution in [3.05, 3.63) is 41.1 Å². The first-order valence-electron chi connectivity index (χ1n) is 7.43. The summed E-state index contributed by atoms with van der Waals surface area (Å²) in [6, 6.07) is 0. The molecule has 0 unspecified atom stereocenters. The molecule has 3 heterocycles. The molecule has 0 bridgehead atoms. The molecule has 22 heavy (non-hydrogen) atoms. The van der Waals surface area contributed by atoms with Crippen LogP contribution in [0.2, 0.25) is 0 Å². The van der Waals surface area contributed by atoms with E-state index < -0.39 is 0 Å². The summed E-state index contributed by atoms with van der Waals surface area (Å²) in [5.74, 6) is 0.893. The van der Waals surface area contributed by atoms with Gasteiger partial charge in [0.1, 0.15) is 11.5 Å². The van der Waals surface area contributed by atoms with E-state index in [1.54, 1.807) is 6.08 Å². The van der Waals surface area contributed by atoms with Gasteiger partial charge in [-0.05, 0) is 13.8 Å². The van der Waals surface area contributed by atoms with Crippen molar-refractivity contribution in [2.75, 3.05) is 13.2 Å². The van der Waals surface area contributed by atoms with E-state index in [-0.39, 0.29) is 0 Å². The minimum absolute atomic E-state index is 0.473. The van der Waals surface area contributed by atoms with Crippen LogP contribution >= 0.6 is 0 Å². The van der Waals surface area contributed by atoms with Gasteiger partial charge in [-0.1, -0.05) is 16.4 Å². The standard InChI is InChI=1S/C15H21N5O2/c1-4-7-21-10-14-15-9-19(5-6-20(15)18-16-14)8-13-11(2)17-22-12(13)3/h4H,1,5-10H2,2-3H3. The highest BCUT2D eigenvalue weighted by Gasteiger charge is 2.23. The van der Waals surface area contributed by atoms with Gasteiger partial charge in [0.15, 0.2) is 0 Å². The average Bonchev–Trinajstić information content (AvgIpc) is 3.06. The van der Waals surface area contributed by atoms with E-state index in [1.807, 2.05) is 18.5 Å². The fourth-order valence-corrected chi connectivity index (χ4v) is 2.69. The topological polar surface area (TPSA) is 69.2 Å². The Hall–Kier alpha value is -1.99. The minimum Gasteiger partial charge on any atom is -0.371 e. The summed E-state index contributed by atoms with van der Waals surface area (Å²) in [6.07, 6.45) is 1.74. The Labute approximate surface area is 129 Å². The minimum atomic E-state index is 0.473. The van der Waals surface area contributed by atoms with Crippen molar-refractivity contribution in [2.45, 2.75) is 40.1 Å². The third-order valence-electron chi connectivity index (χ3n) is 3.96. The van der Waals surface area contributed by atoms with Crippen LogP contribution in [0, 0.1) is 13.8 Å². The highest BCUT2D eigenvalue weighted by atomic mass is 16.5. The Morgan fingerprint density at radius 2 is 2.23 bits per heavy atom. The second-order valence-corrected chi connectivity index (χ2v) is 5.52. The molecule has 7 heteroatoms. The number of aromatic nitrogens is 4. The number of ether oxygens (including phenoxy) is 1. The van der Waals surface area contributed by atoms with Gasteiger partial charge < -0.3 is 9.26 Å². The third-order valence-corrected chi connectivity index (χ3v) is 3.96. The largest absolute Gasteiger partial charge is 0.371 e. The number of rotatable bonds is 6. The normalized spacial score (nSPS) is 15.0. The molecule has 118 valence electrons. The molecule has 3 rings (SSSR count). The molecule has 0 saturated carbocycles. The molecular formula is C15H21N5O2. The molecule has 2 aromatic rings. The van der Waals surface area contributed by atoms with E-state index in [0.29, 0.717) is 13.2 Å². The Kier molecular flexibility index (Phi) is 4.35. The monoisotopic (exact) mass is 303 g/mol. The zero-order valence-corrected chi connectivity index (χ0v) is 13.1. The number of nitrogens with zero attached hydrogens (tertiary/aromatic N) is 5. The van der Waals surface area contributed by atoms with Crippen LogP contribution in [0.3, 0.4) is 0 Å². The Morgan fingerprint density at radius 1 is 1.36 bits per heavy atom. The summed E-state index contributed by atoms with van der Waals surface area (Å²) >= 11 is 0. The summed E-state index contributed by atoms with van der Waals surface area (Å²) < 4.78 is 12.7.